The molecule has 0 aromatic rings. The molecule has 0 heterocycles. The quantitative estimate of drug-likeness (QED) is 0.518. The van der Waals surface area contributed by atoms with E-state index in [-0.39, 0.29) is 6.10 Å². The zero-order valence-corrected chi connectivity index (χ0v) is 9.31. The minimum atomic E-state index is -0.0276. The molecule has 1 aliphatic carbocycles. The minimum Gasteiger partial charge on any atom is -0.393 e. The molecule has 1 aliphatic rings. The zero-order chi connectivity index (χ0) is 9.52. The Morgan fingerprint density at radius 2 is 1.85 bits per heavy atom. The van der Waals surface area contributed by atoms with Gasteiger partial charge in [0.2, 0.25) is 0 Å². The lowest BCUT2D eigenvalue weighted by Crippen LogP contribution is -2.22. The first kappa shape index (κ1) is 11.4. The second kappa shape index (κ2) is 6.72. The monoisotopic (exact) mass is 202 g/mol. The van der Waals surface area contributed by atoms with Gasteiger partial charge in [0.25, 0.3) is 0 Å². The van der Waals surface area contributed by atoms with Crippen LogP contribution < -0.4 is 0 Å². The molecule has 0 bridgehead atoms. The molecule has 0 radical (unpaired) electrons. The van der Waals surface area contributed by atoms with E-state index in [0.717, 1.165) is 25.0 Å². The highest BCUT2D eigenvalue weighted by atomic mass is 32.1. The van der Waals surface area contributed by atoms with Crippen molar-refractivity contribution in [1.82, 2.24) is 0 Å². The first-order chi connectivity index (χ1) is 6.34. The third-order valence-corrected chi connectivity index (χ3v) is 3.42. The van der Waals surface area contributed by atoms with Crippen LogP contribution in [-0.2, 0) is 0 Å². The van der Waals surface area contributed by atoms with Crippen molar-refractivity contribution < 1.29 is 5.11 Å². The summed E-state index contributed by atoms with van der Waals surface area (Å²) in [7, 11) is 0. The van der Waals surface area contributed by atoms with Crippen LogP contribution in [-0.4, -0.2) is 17.0 Å². The standard InChI is InChI=1S/C11H22OS/c12-11(8-4-5-9-13)10-6-2-1-3-7-10/h10-13H,1-9H2. The summed E-state index contributed by atoms with van der Waals surface area (Å²) in [5, 5.41) is 9.88. The second-order valence-electron chi connectivity index (χ2n) is 4.18. The molecular weight excluding hydrogens is 180 g/mol. The molecule has 1 saturated carbocycles. The number of hydrogen-bond donors (Lipinski definition) is 2. The lowest BCUT2D eigenvalue weighted by molar-refractivity contribution is 0.0754. The Bertz CT molecular complexity index is 121. The van der Waals surface area contributed by atoms with E-state index in [1.807, 2.05) is 0 Å². The summed E-state index contributed by atoms with van der Waals surface area (Å²) in [4.78, 5) is 0. The molecule has 78 valence electrons. The maximum atomic E-state index is 9.88. The molecule has 0 spiro atoms. The summed E-state index contributed by atoms with van der Waals surface area (Å²) >= 11 is 4.17. The van der Waals surface area contributed by atoms with Gasteiger partial charge in [0.15, 0.2) is 0 Å². The van der Waals surface area contributed by atoms with Crippen LogP contribution in [0.5, 0.6) is 0 Å². The number of hydrogen-bond acceptors (Lipinski definition) is 2. The van der Waals surface area contributed by atoms with E-state index in [1.54, 1.807) is 0 Å². The smallest absolute Gasteiger partial charge is 0.0568 e. The van der Waals surface area contributed by atoms with Crippen molar-refractivity contribution in [1.29, 1.82) is 0 Å². The molecule has 1 rings (SSSR count). The molecule has 1 atom stereocenters. The fourth-order valence-electron chi connectivity index (χ4n) is 2.22. The first-order valence-corrected chi connectivity index (χ1v) is 6.26. The van der Waals surface area contributed by atoms with Crippen molar-refractivity contribution in [3.63, 3.8) is 0 Å². The largest absolute Gasteiger partial charge is 0.393 e. The summed E-state index contributed by atoms with van der Waals surface area (Å²) in [5.74, 6) is 1.56. The summed E-state index contributed by atoms with van der Waals surface area (Å²) in [5.41, 5.74) is 0. The molecule has 0 aliphatic heterocycles. The molecule has 0 aromatic heterocycles. The Morgan fingerprint density at radius 1 is 1.15 bits per heavy atom. The van der Waals surface area contributed by atoms with Crippen molar-refractivity contribution in [2.24, 2.45) is 5.92 Å². The van der Waals surface area contributed by atoms with E-state index in [1.165, 1.54) is 32.1 Å². The van der Waals surface area contributed by atoms with Crippen molar-refractivity contribution in [3.05, 3.63) is 0 Å². The molecular formula is C11H22OS. The summed E-state index contributed by atoms with van der Waals surface area (Å²) in [6.45, 7) is 0. The minimum absolute atomic E-state index is 0.0276. The molecule has 0 aromatic carbocycles. The Hall–Kier alpha value is 0.310. The number of aliphatic hydroxyl groups excluding tert-OH is 1. The third-order valence-electron chi connectivity index (χ3n) is 3.10. The van der Waals surface area contributed by atoms with E-state index < -0.39 is 0 Å². The van der Waals surface area contributed by atoms with Crippen molar-refractivity contribution in [2.45, 2.75) is 57.5 Å². The van der Waals surface area contributed by atoms with Gasteiger partial charge >= 0.3 is 0 Å². The number of unbranched alkanes of at least 4 members (excludes halogenated alkanes) is 1. The average Bonchev–Trinajstić information content (AvgIpc) is 2.19. The van der Waals surface area contributed by atoms with Gasteiger partial charge < -0.3 is 5.11 Å². The van der Waals surface area contributed by atoms with Gasteiger partial charge in [-0.25, -0.2) is 0 Å². The van der Waals surface area contributed by atoms with Crippen LogP contribution in [0.3, 0.4) is 0 Å². The van der Waals surface area contributed by atoms with Gasteiger partial charge in [-0.15, -0.1) is 0 Å². The normalized spacial score (nSPS) is 21.7. The lowest BCUT2D eigenvalue weighted by Gasteiger charge is -2.26. The van der Waals surface area contributed by atoms with Gasteiger partial charge in [0.1, 0.15) is 0 Å². The highest BCUT2D eigenvalue weighted by molar-refractivity contribution is 7.80. The zero-order valence-electron chi connectivity index (χ0n) is 8.41. The van der Waals surface area contributed by atoms with E-state index >= 15 is 0 Å². The van der Waals surface area contributed by atoms with Crippen LogP contribution in [0.2, 0.25) is 0 Å². The molecule has 0 saturated heterocycles. The predicted molar refractivity (Wildman–Crippen MR) is 60.3 cm³/mol. The SMILES string of the molecule is OC(CCCCS)C1CCCCC1. The maximum Gasteiger partial charge on any atom is 0.0568 e. The van der Waals surface area contributed by atoms with Crippen LogP contribution >= 0.6 is 12.6 Å². The summed E-state index contributed by atoms with van der Waals surface area (Å²) < 4.78 is 0. The van der Waals surface area contributed by atoms with Crippen LogP contribution in [0, 0.1) is 5.92 Å². The van der Waals surface area contributed by atoms with Crippen LogP contribution in [0.4, 0.5) is 0 Å². The Kier molecular flexibility index (Phi) is 5.88. The number of thiol groups is 1. The van der Waals surface area contributed by atoms with E-state index in [0.29, 0.717) is 5.92 Å². The molecule has 1 fully saturated rings. The van der Waals surface area contributed by atoms with Crippen molar-refractivity contribution in [3.8, 4) is 0 Å². The van der Waals surface area contributed by atoms with Crippen LogP contribution in [0.25, 0.3) is 0 Å². The Balaban J connectivity index is 2.09. The highest BCUT2D eigenvalue weighted by Crippen LogP contribution is 2.28. The predicted octanol–water partition coefficient (Wildman–Crippen LogP) is 3.03. The Labute approximate surface area is 87.3 Å². The van der Waals surface area contributed by atoms with Crippen LogP contribution in [0.1, 0.15) is 51.4 Å². The van der Waals surface area contributed by atoms with E-state index in [4.69, 9.17) is 0 Å². The lowest BCUT2D eigenvalue weighted by atomic mass is 9.84. The second-order valence-corrected chi connectivity index (χ2v) is 4.63. The highest BCUT2D eigenvalue weighted by Gasteiger charge is 2.20. The van der Waals surface area contributed by atoms with Gasteiger partial charge in [0.05, 0.1) is 6.10 Å². The third kappa shape index (κ3) is 4.37. The summed E-state index contributed by atoms with van der Waals surface area (Å²) in [6.07, 6.45) is 9.78. The Morgan fingerprint density at radius 3 is 2.46 bits per heavy atom. The van der Waals surface area contributed by atoms with Crippen molar-refractivity contribution in [2.75, 3.05) is 5.75 Å². The fraction of sp³-hybridized carbons (Fsp3) is 1.00. The van der Waals surface area contributed by atoms with Gasteiger partial charge in [0, 0.05) is 0 Å². The summed E-state index contributed by atoms with van der Waals surface area (Å²) in [6, 6.07) is 0. The molecule has 13 heavy (non-hydrogen) atoms. The number of aliphatic hydroxyl groups is 1. The van der Waals surface area contributed by atoms with Crippen LogP contribution in [0.15, 0.2) is 0 Å². The first-order valence-electron chi connectivity index (χ1n) is 5.63. The molecule has 1 N–H and O–H groups in total. The average molecular weight is 202 g/mol. The number of rotatable bonds is 5. The van der Waals surface area contributed by atoms with Gasteiger partial charge in [-0.05, 0) is 37.4 Å². The topological polar surface area (TPSA) is 20.2 Å². The molecule has 0 amide bonds. The fourth-order valence-corrected chi connectivity index (χ4v) is 2.44. The van der Waals surface area contributed by atoms with Crippen molar-refractivity contribution >= 4 is 12.6 Å². The van der Waals surface area contributed by atoms with E-state index in [2.05, 4.69) is 12.6 Å². The van der Waals surface area contributed by atoms with Gasteiger partial charge in [-0.3, -0.25) is 0 Å². The maximum absolute atomic E-state index is 9.88. The van der Waals surface area contributed by atoms with Gasteiger partial charge in [-0.1, -0.05) is 25.7 Å². The molecule has 2 heteroatoms. The van der Waals surface area contributed by atoms with E-state index in [9.17, 15) is 5.11 Å². The van der Waals surface area contributed by atoms with Gasteiger partial charge in [-0.2, -0.15) is 12.6 Å². The molecule has 1 nitrogen and oxygen atoms in total. The molecule has 1 unspecified atom stereocenters.